The van der Waals surface area contributed by atoms with E-state index in [-0.39, 0.29) is 11.2 Å². The molecule has 4 heteroatoms. The molecular formula is C14H20BrClFN. The summed E-state index contributed by atoms with van der Waals surface area (Å²) < 4.78 is 14.4. The molecule has 0 unspecified atom stereocenters. The van der Waals surface area contributed by atoms with E-state index >= 15 is 0 Å². The van der Waals surface area contributed by atoms with E-state index in [0.29, 0.717) is 18.0 Å². The van der Waals surface area contributed by atoms with Gasteiger partial charge in [0.25, 0.3) is 0 Å². The molecule has 102 valence electrons. The van der Waals surface area contributed by atoms with E-state index < -0.39 is 0 Å². The summed E-state index contributed by atoms with van der Waals surface area (Å²) >= 11 is 8.95. The summed E-state index contributed by atoms with van der Waals surface area (Å²) in [5.41, 5.74) is 0.895. The first-order valence-electron chi connectivity index (χ1n) is 6.15. The van der Waals surface area contributed by atoms with Crippen LogP contribution in [0.1, 0.15) is 32.3 Å². The lowest BCUT2D eigenvalue weighted by atomic mass is 9.88. The molecule has 0 bridgehead atoms. The van der Waals surface area contributed by atoms with Crippen LogP contribution in [0.4, 0.5) is 4.39 Å². The Kier molecular flexibility index (Phi) is 6.61. The van der Waals surface area contributed by atoms with Gasteiger partial charge in [-0.2, -0.15) is 0 Å². The van der Waals surface area contributed by atoms with Gasteiger partial charge in [-0.05, 0) is 30.4 Å². The van der Waals surface area contributed by atoms with Gasteiger partial charge in [0.05, 0.1) is 0 Å². The van der Waals surface area contributed by atoms with Crippen molar-refractivity contribution in [3.63, 3.8) is 0 Å². The molecule has 0 radical (unpaired) electrons. The first-order chi connectivity index (χ1) is 8.44. The summed E-state index contributed by atoms with van der Waals surface area (Å²) in [5, 5.41) is 3.31. The predicted molar refractivity (Wildman–Crippen MR) is 79.5 cm³/mol. The van der Waals surface area contributed by atoms with E-state index in [1.54, 1.807) is 6.07 Å². The molecule has 0 aliphatic heterocycles. The Morgan fingerprint density at radius 1 is 1.39 bits per heavy atom. The smallest absolute Gasteiger partial charge is 0.128 e. The summed E-state index contributed by atoms with van der Waals surface area (Å²) in [6, 6.07) is 5.16. The molecule has 0 amide bonds. The SMILES string of the molecule is CC(C)(CCCCl)CNCc1ccc(Br)cc1F. The minimum Gasteiger partial charge on any atom is -0.312 e. The lowest BCUT2D eigenvalue weighted by Gasteiger charge is -2.24. The third-order valence-corrected chi connectivity index (χ3v) is 3.68. The zero-order valence-corrected chi connectivity index (χ0v) is 13.2. The maximum atomic E-state index is 13.6. The van der Waals surface area contributed by atoms with Gasteiger partial charge in [0.1, 0.15) is 5.82 Å². The summed E-state index contributed by atoms with van der Waals surface area (Å²) in [4.78, 5) is 0. The summed E-state index contributed by atoms with van der Waals surface area (Å²) in [7, 11) is 0. The molecule has 1 aromatic carbocycles. The average molecular weight is 337 g/mol. The van der Waals surface area contributed by atoms with Crippen molar-refractivity contribution in [2.75, 3.05) is 12.4 Å². The van der Waals surface area contributed by atoms with E-state index in [4.69, 9.17) is 11.6 Å². The Labute approximate surface area is 122 Å². The van der Waals surface area contributed by atoms with E-state index in [1.165, 1.54) is 6.07 Å². The number of nitrogens with one attached hydrogen (secondary N) is 1. The average Bonchev–Trinajstić information content (AvgIpc) is 2.29. The Morgan fingerprint density at radius 3 is 2.72 bits per heavy atom. The van der Waals surface area contributed by atoms with Crippen molar-refractivity contribution in [1.29, 1.82) is 0 Å². The van der Waals surface area contributed by atoms with Gasteiger partial charge in [0, 0.05) is 29.0 Å². The number of benzene rings is 1. The molecule has 0 atom stereocenters. The third kappa shape index (κ3) is 5.68. The van der Waals surface area contributed by atoms with Gasteiger partial charge in [-0.25, -0.2) is 4.39 Å². The monoisotopic (exact) mass is 335 g/mol. The molecule has 1 N–H and O–H groups in total. The summed E-state index contributed by atoms with van der Waals surface area (Å²) in [6.07, 6.45) is 2.09. The Balaban J connectivity index is 2.41. The molecule has 0 saturated carbocycles. The number of hydrogen-bond donors (Lipinski definition) is 1. The zero-order chi connectivity index (χ0) is 13.6. The molecule has 0 aliphatic rings. The fraction of sp³-hybridized carbons (Fsp3) is 0.571. The number of rotatable bonds is 7. The van der Waals surface area contributed by atoms with E-state index in [0.717, 1.165) is 23.9 Å². The molecule has 0 heterocycles. The maximum Gasteiger partial charge on any atom is 0.128 e. The highest BCUT2D eigenvalue weighted by atomic mass is 79.9. The van der Waals surface area contributed by atoms with Crippen LogP contribution in [0.3, 0.4) is 0 Å². The van der Waals surface area contributed by atoms with Gasteiger partial charge in [0.2, 0.25) is 0 Å². The molecule has 0 saturated heterocycles. The van der Waals surface area contributed by atoms with E-state index in [9.17, 15) is 4.39 Å². The maximum absolute atomic E-state index is 13.6. The van der Waals surface area contributed by atoms with Crippen molar-refractivity contribution in [3.8, 4) is 0 Å². The van der Waals surface area contributed by atoms with Crippen LogP contribution in [-0.4, -0.2) is 12.4 Å². The first kappa shape index (κ1) is 15.9. The van der Waals surface area contributed by atoms with Gasteiger partial charge in [-0.3, -0.25) is 0 Å². The van der Waals surface area contributed by atoms with Crippen molar-refractivity contribution in [2.24, 2.45) is 5.41 Å². The molecule has 0 aromatic heterocycles. The lowest BCUT2D eigenvalue weighted by Crippen LogP contribution is -2.29. The first-order valence-corrected chi connectivity index (χ1v) is 7.48. The van der Waals surface area contributed by atoms with Crippen LogP contribution in [0.5, 0.6) is 0 Å². The molecule has 1 nitrogen and oxygen atoms in total. The van der Waals surface area contributed by atoms with Crippen molar-refractivity contribution >= 4 is 27.5 Å². The van der Waals surface area contributed by atoms with Crippen LogP contribution in [0, 0.1) is 11.2 Å². The number of halogens is 3. The molecule has 0 fully saturated rings. The number of hydrogen-bond acceptors (Lipinski definition) is 1. The highest BCUT2D eigenvalue weighted by Crippen LogP contribution is 2.22. The van der Waals surface area contributed by atoms with Gasteiger partial charge in [0.15, 0.2) is 0 Å². The second-order valence-electron chi connectivity index (χ2n) is 5.30. The van der Waals surface area contributed by atoms with E-state index in [1.807, 2.05) is 6.07 Å². The highest BCUT2D eigenvalue weighted by molar-refractivity contribution is 9.10. The predicted octanol–water partition coefficient (Wildman–Crippen LogP) is 4.72. The van der Waals surface area contributed by atoms with Crippen molar-refractivity contribution in [3.05, 3.63) is 34.1 Å². The fourth-order valence-corrected chi connectivity index (χ4v) is 2.30. The lowest BCUT2D eigenvalue weighted by molar-refractivity contribution is 0.310. The van der Waals surface area contributed by atoms with Crippen molar-refractivity contribution < 1.29 is 4.39 Å². The third-order valence-electron chi connectivity index (χ3n) is 2.92. The van der Waals surface area contributed by atoms with Crippen LogP contribution in [0.15, 0.2) is 22.7 Å². The van der Waals surface area contributed by atoms with Gasteiger partial charge < -0.3 is 5.32 Å². The topological polar surface area (TPSA) is 12.0 Å². The molecule has 0 aliphatic carbocycles. The van der Waals surface area contributed by atoms with Crippen LogP contribution >= 0.6 is 27.5 Å². The van der Waals surface area contributed by atoms with Crippen molar-refractivity contribution in [1.82, 2.24) is 5.32 Å². The minimum atomic E-state index is -0.171. The van der Waals surface area contributed by atoms with Gasteiger partial charge >= 0.3 is 0 Å². The Hall–Kier alpha value is -0.120. The van der Waals surface area contributed by atoms with Crippen LogP contribution in [-0.2, 0) is 6.54 Å². The molecule has 1 rings (SSSR count). The standard InChI is InChI=1S/C14H20BrClFN/c1-14(2,6-3-7-16)10-18-9-11-4-5-12(15)8-13(11)17/h4-5,8,18H,3,6-7,9-10H2,1-2H3. The number of alkyl halides is 1. The largest absolute Gasteiger partial charge is 0.312 e. The van der Waals surface area contributed by atoms with Gasteiger partial charge in [-0.15, -0.1) is 11.6 Å². The fourth-order valence-electron chi connectivity index (χ4n) is 1.83. The van der Waals surface area contributed by atoms with Crippen molar-refractivity contribution in [2.45, 2.75) is 33.2 Å². The summed E-state index contributed by atoms with van der Waals surface area (Å²) in [5.74, 6) is 0.528. The van der Waals surface area contributed by atoms with Crippen LogP contribution < -0.4 is 5.32 Å². The van der Waals surface area contributed by atoms with E-state index in [2.05, 4.69) is 35.1 Å². The van der Waals surface area contributed by atoms with Gasteiger partial charge in [-0.1, -0.05) is 35.8 Å². The molecular weight excluding hydrogens is 317 g/mol. The Morgan fingerprint density at radius 2 is 2.11 bits per heavy atom. The van der Waals surface area contributed by atoms with Crippen LogP contribution in [0.2, 0.25) is 0 Å². The summed E-state index contributed by atoms with van der Waals surface area (Å²) in [6.45, 7) is 5.82. The minimum absolute atomic E-state index is 0.171. The second kappa shape index (κ2) is 7.46. The molecule has 0 spiro atoms. The quantitative estimate of drug-likeness (QED) is 0.710. The zero-order valence-electron chi connectivity index (χ0n) is 10.9. The highest BCUT2D eigenvalue weighted by Gasteiger charge is 2.16. The van der Waals surface area contributed by atoms with Crippen LogP contribution in [0.25, 0.3) is 0 Å². The Bertz CT molecular complexity index is 382. The molecule has 1 aromatic rings. The normalized spacial score (nSPS) is 11.8. The second-order valence-corrected chi connectivity index (χ2v) is 6.59. The molecule has 18 heavy (non-hydrogen) atoms.